The second-order valence-electron chi connectivity index (χ2n) is 12.8. The number of rotatable bonds is 9. The summed E-state index contributed by atoms with van der Waals surface area (Å²) >= 11 is 0. The van der Waals surface area contributed by atoms with E-state index < -0.39 is 45.6 Å². The van der Waals surface area contributed by atoms with Crippen LogP contribution in [0.2, 0.25) is 0 Å². The number of piperidine rings is 1. The zero-order valence-electron chi connectivity index (χ0n) is 27.9. The van der Waals surface area contributed by atoms with Crippen LogP contribution in [0.1, 0.15) is 44.1 Å². The van der Waals surface area contributed by atoms with Crippen LogP contribution in [-0.4, -0.2) is 67.8 Å². The highest BCUT2D eigenvalue weighted by molar-refractivity contribution is 7.89. The number of carbonyl (C=O) groups is 2. The highest BCUT2D eigenvalue weighted by Crippen LogP contribution is 2.37. The summed E-state index contributed by atoms with van der Waals surface area (Å²) in [6, 6.07) is 22.0. The minimum atomic E-state index is -5.08. The second-order valence-corrected chi connectivity index (χ2v) is 14.5. The third kappa shape index (κ3) is 9.43. The summed E-state index contributed by atoms with van der Waals surface area (Å²) in [5, 5.41) is 8.48. The van der Waals surface area contributed by atoms with E-state index in [1.54, 1.807) is 48.5 Å². The molecule has 1 amide bonds. The third-order valence-electron chi connectivity index (χ3n) is 9.03. The van der Waals surface area contributed by atoms with Crippen LogP contribution in [0.25, 0.3) is 21.9 Å². The molecule has 4 N–H and O–H groups in total. The van der Waals surface area contributed by atoms with Crippen molar-refractivity contribution in [2.24, 2.45) is 5.73 Å². The van der Waals surface area contributed by atoms with E-state index in [1.165, 1.54) is 35.2 Å². The first-order valence-corrected chi connectivity index (χ1v) is 18.1. The Kier molecular flexibility index (Phi) is 11.9. The maximum atomic E-state index is 16.5. The van der Waals surface area contributed by atoms with Gasteiger partial charge in [0, 0.05) is 24.7 Å². The largest absolute Gasteiger partial charge is 0.490 e. The Morgan fingerprint density at radius 3 is 2.04 bits per heavy atom. The molecule has 278 valence electrons. The summed E-state index contributed by atoms with van der Waals surface area (Å²) in [5.41, 5.74) is 6.77. The van der Waals surface area contributed by atoms with E-state index in [9.17, 15) is 26.4 Å². The van der Waals surface area contributed by atoms with Crippen molar-refractivity contribution in [1.82, 2.24) is 9.62 Å². The molecular formula is C37H38F5N3O6S. The molecule has 1 atom stereocenters. The fourth-order valence-electron chi connectivity index (χ4n) is 6.15. The van der Waals surface area contributed by atoms with Gasteiger partial charge >= 0.3 is 12.1 Å². The van der Waals surface area contributed by atoms with Gasteiger partial charge in [0.15, 0.2) is 6.04 Å². The summed E-state index contributed by atoms with van der Waals surface area (Å²) in [6.45, 7) is 0.333. The summed E-state index contributed by atoms with van der Waals surface area (Å²) in [6.07, 6.45) is 0.261. The minimum absolute atomic E-state index is 0.145. The quantitative estimate of drug-likeness (QED) is 0.159. The van der Waals surface area contributed by atoms with E-state index in [-0.39, 0.29) is 30.1 Å². The van der Waals surface area contributed by atoms with Crippen LogP contribution in [0.3, 0.4) is 0 Å². The number of hydrogen-bond donors (Lipinski definition) is 3. The van der Waals surface area contributed by atoms with Crippen LogP contribution in [-0.2, 0) is 25.5 Å². The Balaban J connectivity index is 0.000000679. The molecular weight excluding hydrogens is 709 g/mol. The number of nitrogens with two attached hydrogens (primary N) is 1. The van der Waals surface area contributed by atoms with Gasteiger partial charge in [-0.1, -0.05) is 60.7 Å². The summed E-state index contributed by atoms with van der Waals surface area (Å²) in [4.78, 5) is 23.7. The lowest BCUT2D eigenvalue weighted by molar-refractivity contribution is -0.192. The molecule has 15 heteroatoms. The normalized spacial score (nSPS) is 16.6. The van der Waals surface area contributed by atoms with Gasteiger partial charge in [0.25, 0.3) is 5.92 Å². The Labute approximate surface area is 297 Å². The molecule has 1 saturated carbocycles. The number of aliphatic carboxylic acids is 1. The lowest BCUT2D eigenvalue weighted by Crippen LogP contribution is -2.58. The Hall–Kier alpha value is -4.60. The molecule has 6 rings (SSSR count). The summed E-state index contributed by atoms with van der Waals surface area (Å²) < 4.78 is 100. The molecule has 4 aromatic carbocycles. The molecule has 0 aromatic heterocycles. The van der Waals surface area contributed by atoms with Crippen LogP contribution in [0.15, 0.2) is 95.9 Å². The van der Waals surface area contributed by atoms with Gasteiger partial charge in [0.05, 0.1) is 11.0 Å². The molecule has 1 aliphatic carbocycles. The molecule has 52 heavy (non-hydrogen) atoms. The molecule has 0 spiro atoms. The average molecular weight is 748 g/mol. The van der Waals surface area contributed by atoms with E-state index in [4.69, 9.17) is 20.4 Å². The average Bonchev–Trinajstić information content (AvgIpc) is 3.64. The molecule has 0 bridgehead atoms. The van der Waals surface area contributed by atoms with Crippen molar-refractivity contribution in [3.63, 3.8) is 0 Å². The van der Waals surface area contributed by atoms with Crippen molar-refractivity contribution in [2.75, 3.05) is 13.1 Å². The smallest absolute Gasteiger partial charge is 0.490 e. The number of likely N-dealkylation sites (tertiary alicyclic amines) is 1. The number of carboxylic acid groups (broad SMARTS) is 1. The second kappa shape index (κ2) is 16.0. The highest BCUT2D eigenvalue weighted by Gasteiger charge is 2.50. The van der Waals surface area contributed by atoms with Crippen LogP contribution in [0.4, 0.5) is 22.0 Å². The number of carbonyl (C=O) groups excluding carboxylic acids is 1. The zero-order chi connectivity index (χ0) is 37.7. The van der Waals surface area contributed by atoms with Crippen molar-refractivity contribution < 1.29 is 49.8 Å². The summed E-state index contributed by atoms with van der Waals surface area (Å²) in [5.74, 6) is -6.92. The van der Waals surface area contributed by atoms with Crippen LogP contribution in [0.5, 0.6) is 5.75 Å². The molecule has 1 aliphatic heterocycles. The molecule has 2 aliphatic rings. The molecule has 0 unspecified atom stereocenters. The molecule has 1 heterocycles. The highest BCUT2D eigenvalue weighted by atomic mass is 32.2. The van der Waals surface area contributed by atoms with Gasteiger partial charge in [-0.2, -0.15) is 26.7 Å². The van der Waals surface area contributed by atoms with E-state index >= 15 is 8.78 Å². The van der Waals surface area contributed by atoms with E-state index in [2.05, 4.69) is 4.72 Å². The van der Waals surface area contributed by atoms with Gasteiger partial charge in [-0.25, -0.2) is 13.2 Å². The standard InChI is InChI=1S/C35H37F2N3O4S.C2HF3O2/c36-35(37,28-10-6-9-25(21-28)24-7-2-1-3-8-24)33(34(41)40-19-17-29(38)18-20-40)39-45(42,43)32-16-14-26-22-31(15-13-27(26)23-32)44-30-11-4-5-12-30;3-2(4,5)1(6)7/h1-3,6-10,13-16,21-23,29-30,33,39H,4-5,11-12,17-20,38H2;(H,6,7)/t33-;/m0./s1. The number of benzene rings is 4. The first-order chi connectivity index (χ1) is 24.5. The summed E-state index contributed by atoms with van der Waals surface area (Å²) in [7, 11) is -4.56. The van der Waals surface area contributed by atoms with Crippen molar-refractivity contribution in [2.45, 2.75) is 73.7 Å². The Morgan fingerprint density at radius 1 is 0.808 bits per heavy atom. The monoisotopic (exact) mass is 747 g/mol. The number of hydrogen-bond acceptors (Lipinski definition) is 6. The first-order valence-electron chi connectivity index (χ1n) is 16.7. The fourth-order valence-corrected chi connectivity index (χ4v) is 7.37. The van der Waals surface area contributed by atoms with Crippen LogP contribution >= 0.6 is 0 Å². The lowest BCUT2D eigenvalue weighted by atomic mass is 9.95. The predicted molar refractivity (Wildman–Crippen MR) is 184 cm³/mol. The molecule has 1 saturated heterocycles. The van der Waals surface area contributed by atoms with Crippen molar-refractivity contribution in [3.8, 4) is 16.9 Å². The molecule has 0 radical (unpaired) electrons. The van der Waals surface area contributed by atoms with E-state index in [1.807, 2.05) is 12.1 Å². The number of sulfonamides is 1. The van der Waals surface area contributed by atoms with E-state index in [0.717, 1.165) is 36.6 Å². The minimum Gasteiger partial charge on any atom is -0.490 e. The van der Waals surface area contributed by atoms with Crippen LogP contribution in [0, 0.1) is 0 Å². The van der Waals surface area contributed by atoms with Gasteiger partial charge in [0.2, 0.25) is 15.9 Å². The number of carboxylic acids is 1. The number of fused-ring (bicyclic) bond motifs is 1. The number of nitrogens with one attached hydrogen (secondary N) is 1. The maximum Gasteiger partial charge on any atom is 0.490 e. The number of halogens is 5. The first kappa shape index (κ1) is 38.6. The predicted octanol–water partition coefficient (Wildman–Crippen LogP) is 6.85. The molecule has 9 nitrogen and oxygen atoms in total. The van der Waals surface area contributed by atoms with Gasteiger partial charge in [0.1, 0.15) is 5.75 Å². The van der Waals surface area contributed by atoms with Crippen LogP contribution < -0.4 is 15.2 Å². The van der Waals surface area contributed by atoms with Crippen molar-refractivity contribution >= 4 is 32.7 Å². The SMILES string of the molecule is NC1CCN(C(=O)[C@H](NS(=O)(=O)c2ccc3cc(OC4CCCC4)ccc3c2)C(F)(F)c2cccc(-c3ccccc3)c2)CC1.O=C(O)C(F)(F)F. The number of alkyl halides is 5. The molecule has 4 aromatic rings. The zero-order valence-corrected chi connectivity index (χ0v) is 28.7. The van der Waals surface area contributed by atoms with Crippen molar-refractivity contribution in [3.05, 3.63) is 96.6 Å². The maximum absolute atomic E-state index is 16.5. The number of ether oxygens (including phenoxy) is 1. The van der Waals surface area contributed by atoms with Gasteiger partial charge in [-0.05, 0) is 90.8 Å². The van der Waals surface area contributed by atoms with E-state index in [0.29, 0.717) is 29.5 Å². The third-order valence-corrected chi connectivity index (χ3v) is 10.4. The van der Waals surface area contributed by atoms with Gasteiger partial charge in [-0.15, -0.1) is 0 Å². The lowest BCUT2D eigenvalue weighted by Gasteiger charge is -2.35. The number of nitrogens with zero attached hydrogens (tertiary/aromatic N) is 1. The number of amides is 1. The Bertz CT molecular complexity index is 1980. The van der Waals surface area contributed by atoms with Crippen molar-refractivity contribution in [1.29, 1.82) is 0 Å². The molecule has 2 fully saturated rings. The topological polar surface area (TPSA) is 139 Å². The fraction of sp³-hybridized carbons (Fsp3) is 0.351. The Morgan fingerprint density at radius 2 is 1.40 bits per heavy atom. The van der Waals surface area contributed by atoms with Gasteiger partial charge in [-0.3, -0.25) is 4.79 Å². The van der Waals surface area contributed by atoms with Gasteiger partial charge < -0.3 is 20.5 Å².